The van der Waals surface area contributed by atoms with Crippen LogP contribution in [0.2, 0.25) is 0 Å². The van der Waals surface area contributed by atoms with E-state index >= 15 is 0 Å². The van der Waals surface area contributed by atoms with Crippen LogP contribution in [0.15, 0.2) is 71.9 Å². The van der Waals surface area contributed by atoms with Gasteiger partial charge in [0.05, 0.1) is 21.7 Å². The van der Waals surface area contributed by atoms with E-state index in [4.69, 9.17) is 4.98 Å². The first-order valence-corrected chi connectivity index (χ1v) is 14.6. The molecule has 1 aliphatic rings. The molecule has 37 heavy (non-hydrogen) atoms. The lowest BCUT2D eigenvalue weighted by Crippen LogP contribution is -2.42. The number of pyridine rings is 1. The quantitative estimate of drug-likeness (QED) is 0.326. The number of aryl methyl sites for hydroxylation is 1. The minimum absolute atomic E-state index is 0.208. The minimum atomic E-state index is -3.62. The molecule has 1 saturated heterocycles. The predicted octanol–water partition coefficient (Wildman–Crippen LogP) is 5.51. The van der Waals surface area contributed by atoms with Crippen molar-refractivity contribution in [2.45, 2.75) is 38.6 Å². The van der Waals surface area contributed by atoms with Crippen LogP contribution < -0.4 is 4.90 Å². The topological polar surface area (TPSA) is 83.5 Å². The molecule has 0 spiro atoms. The number of carbonyl (C=O) groups is 1. The summed E-state index contributed by atoms with van der Waals surface area (Å²) in [6, 6.07) is 16.0. The van der Waals surface area contributed by atoms with Gasteiger partial charge in [0.25, 0.3) is 5.91 Å². The van der Waals surface area contributed by atoms with Crippen molar-refractivity contribution in [3.63, 3.8) is 0 Å². The summed E-state index contributed by atoms with van der Waals surface area (Å²) in [7, 11) is -3.62. The molecule has 2 unspecified atom stereocenters. The van der Waals surface area contributed by atoms with Crippen molar-refractivity contribution in [2.24, 2.45) is 11.8 Å². The standard InChI is InChI=1S/C28H30N4O3S2/c1-19-14-20(2)17-31(16-19)37(34,35)24-11-9-23(10-12-24)27(33)32(18-22-7-5-13-29-15-22)28-30-26-21(3)6-4-8-25(26)36-28/h4-13,15,19-20H,14,16-18H2,1-3H3. The van der Waals surface area contributed by atoms with E-state index < -0.39 is 10.0 Å². The maximum Gasteiger partial charge on any atom is 0.260 e. The van der Waals surface area contributed by atoms with Crippen LogP contribution >= 0.6 is 11.3 Å². The van der Waals surface area contributed by atoms with Crippen molar-refractivity contribution in [2.75, 3.05) is 18.0 Å². The molecular formula is C28H30N4O3S2. The summed E-state index contributed by atoms with van der Waals surface area (Å²) >= 11 is 1.46. The van der Waals surface area contributed by atoms with Gasteiger partial charge in [-0.2, -0.15) is 4.31 Å². The van der Waals surface area contributed by atoms with Gasteiger partial charge in [0.2, 0.25) is 10.0 Å². The number of sulfonamides is 1. The van der Waals surface area contributed by atoms with Gasteiger partial charge in [-0.1, -0.05) is 43.4 Å². The summed E-state index contributed by atoms with van der Waals surface area (Å²) in [5.41, 5.74) is 3.20. The van der Waals surface area contributed by atoms with Crippen molar-refractivity contribution in [1.82, 2.24) is 14.3 Å². The normalized spacial score (nSPS) is 18.7. The van der Waals surface area contributed by atoms with E-state index in [1.54, 1.807) is 33.7 Å². The Morgan fingerprint density at radius 2 is 1.78 bits per heavy atom. The molecule has 3 heterocycles. The van der Waals surface area contributed by atoms with E-state index in [0.29, 0.717) is 42.2 Å². The Balaban J connectivity index is 1.46. The van der Waals surface area contributed by atoms with Gasteiger partial charge in [-0.05, 0) is 72.7 Å². The molecule has 192 valence electrons. The molecule has 4 aromatic rings. The number of benzene rings is 2. The van der Waals surface area contributed by atoms with E-state index in [1.165, 1.54) is 23.5 Å². The van der Waals surface area contributed by atoms with Gasteiger partial charge in [-0.25, -0.2) is 13.4 Å². The molecule has 0 bridgehead atoms. The van der Waals surface area contributed by atoms with E-state index in [1.807, 2.05) is 37.3 Å². The second kappa shape index (κ2) is 10.3. The second-order valence-electron chi connectivity index (χ2n) is 9.96. The number of carbonyl (C=O) groups excluding carboxylic acids is 1. The van der Waals surface area contributed by atoms with E-state index in [-0.39, 0.29) is 10.8 Å². The number of piperidine rings is 1. The Morgan fingerprint density at radius 3 is 2.43 bits per heavy atom. The molecule has 2 aromatic heterocycles. The second-order valence-corrected chi connectivity index (χ2v) is 12.9. The highest BCUT2D eigenvalue weighted by atomic mass is 32.2. The van der Waals surface area contributed by atoms with Crippen LogP contribution in [0.4, 0.5) is 5.13 Å². The number of hydrogen-bond acceptors (Lipinski definition) is 6. The Bertz CT molecular complexity index is 1510. The predicted molar refractivity (Wildman–Crippen MR) is 147 cm³/mol. The van der Waals surface area contributed by atoms with Gasteiger partial charge in [0, 0.05) is 31.0 Å². The van der Waals surface area contributed by atoms with Crippen LogP contribution in [0, 0.1) is 18.8 Å². The number of amides is 1. The zero-order valence-electron chi connectivity index (χ0n) is 21.2. The molecule has 5 rings (SSSR count). The summed E-state index contributed by atoms with van der Waals surface area (Å²) in [6.45, 7) is 7.50. The molecule has 0 radical (unpaired) electrons. The zero-order valence-corrected chi connectivity index (χ0v) is 22.8. The van der Waals surface area contributed by atoms with Gasteiger partial charge in [-0.3, -0.25) is 14.7 Å². The summed E-state index contributed by atoms with van der Waals surface area (Å²) in [5, 5.41) is 0.589. The Labute approximate surface area is 221 Å². The molecule has 0 saturated carbocycles. The average Bonchev–Trinajstić information content (AvgIpc) is 3.32. The number of anilines is 1. The molecule has 2 aromatic carbocycles. The van der Waals surface area contributed by atoms with Crippen LogP contribution in [0.5, 0.6) is 0 Å². The fourth-order valence-electron chi connectivity index (χ4n) is 4.97. The number of para-hydroxylation sites is 1. The number of nitrogens with zero attached hydrogens (tertiary/aromatic N) is 4. The number of aromatic nitrogens is 2. The maximum atomic E-state index is 13.8. The van der Waals surface area contributed by atoms with Gasteiger partial charge in [-0.15, -0.1) is 0 Å². The lowest BCUT2D eigenvalue weighted by molar-refractivity contribution is 0.0985. The van der Waals surface area contributed by atoms with Gasteiger partial charge in [0.1, 0.15) is 0 Å². The molecular weight excluding hydrogens is 504 g/mol. The number of thiazole rings is 1. The highest BCUT2D eigenvalue weighted by Gasteiger charge is 2.32. The third-order valence-electron chi connectivity index (χ3n) is 6.72. The number of fused-ring (bicyclic) bond motifs is 1. The van der Waals surface area contributed by atoms with Gasteiger partial charge >= 0.3 is 0 Å². The lowest BCUT2D eigenvalue weighted by atomic mass is 9.94. The Morgan fingerprint density at radius 1 is 1.05 bits per heavy atom. The Kier molecular flexibility index (Phi) is 7.11. The minimum Gasteiger partial charge on any atom is -0.279 e. The summed E-state index contributed by atoms with van der Waals surface area (Å²) in [6.07, 6.45) is 4.45. The van der Waals surface area contributed by atoms with Crippen LogP contribution in [0.3, 0.4) is 0 Å². The van der Waals surface area contributed by atoms with Crippen LogP contribution in [-0.4, -0.2) is 41.7 Å². The van der Waals surface area contributed by atoms with Crippen molar-refractivity contribution in [1.29, 1.82) is 0 Å². The van der Waals surface area contributed by atoms with Crippen LogP contribution in [-0.2, 0) is 16.6 Å². The first-order valence-electron chi connectivity index (χ1n) is 12.4. The van der Waals surface area contributed by atoms with Crippen molar-refractivity contribution in [3.05, 3.63) is 83.7 Å². The molecule has 1 amide bonds. The maximum absolute atomic E-state index is 13.8. The molecule has 1 aliphatic heterocycles. The number of rotatable bonds is 6. The fraction of sp³-hybridized carbons (Fsp3) is 0.321. The van der Waals surface area contributed by atoms with Crippen LogP contribution in [0.25, 0.3) is 10.2 Å². The molecule has 0 aliphatic carbocycles. The van der Waals surface area contributed by atoms with E-state index in [0.717, 1.165) is 27.8 Å². The third-order valence-corrected chi connectivity index (χ3v) is 9.61. The lowest BCUT2D eigenvalue weighted by Gasteiger charge is -2.34. The highest BCUT2D eigenvalue weighted by Crippen LogP contribution is 2.33. The largest absolute Gasteiger partial charge is 0.279 e. The zero-order chi connectivity index (χ0) is 26.2. The monoisotopic (exact) mass is 534 g/mol. The molecule has 7 nitrogen and oxygen atoms in total. The third kappa shape index (κ3) is 5.30. The molecule has 0 N–H and O–H groups in total. The summed E-state index contributed by atoms with van der Waals surface area (Å²) in [4.78, 5) is 24.6. The first kappa shape index (κ1) is 25.5. The van der Waals surface area contributed by atoms with Gasteiger partial charge in [0.15, 0.2) is 5.13 Å². The fourth-order valence-corrected chi connectivity index (χ4v) is 7.69. The summed E-state index contributed by atoms with van der Waals surface area (Å²) < 4.78 is 29.2. The van der Waals surface area contributed by atoms with Crippen molar-refractivity contribution >= 4 is 42.6 Å². The Hall–Kier alpha value is -3.14. The highest BCUT2D eigenvalue weighted by molar-refractivity contribution is 7.89. The summed E-state index contributed by atoms with van der Waals surface area (Å²) in [5.74, 6) is 0.389. The first-order chi connectivity index (χ1) is 17.7. The van der Waals surface area contributed by atoms with Gasteiger partial charge < -0.3 is 0 Å². The number of hydrogen-bond donors (Lipinski definition) is 0. The van der Waals surface area contributed by atoms with E-state index in [9.17, 15) is 13.2 Å². The molecule has 1 fully saturated rings. The van der Waals surface area contributed by atoms with Crippen LogP contribution in [0.1, 0.15) is 41.8 Å². The van der Waals surface area contributed by atoms with Crippen molar-refractivity contribution in [3.8, 4) is 0 Å². The molecule has 2 atom stereocenters. The van der Waals surface area contributed by atoms with Crippen molar-refractivity contribution < 1.29 is 13.2 Å². The molecule has 9 heteroatoms. The smallest absolute Gasteiger partial charge is 0.260 e. The SMILES string of the molecule is Cc1cccc2sc(N(Cc3cccnc3)C(=O)c3ccc(S(=O)(=O)N4CC(C)CC(C)C4)cc3)nc12. The average molecular weight is 535 g/mol. The van der Waals surface area contributed by atoms with E-state index in [2.05, 4.69) is 18.8 Å².